The van der Waals surface area contributed by atoms with Crippen LogP contribution in [0.25, 0.3) is 16.9 Å². The summed E-state index contributed by atoms with van der Waals surface area (Å²) in [5, 5.41) is 0. The normalized spacial score (nSPS) is 10.9. The summed E-state index contributed by atoms with van der Waals surface area (Å²) >= 11 is 3.44. The van der Waals surface area contributed by atoms with Crippen LogP contribution in [0.3, 0.4) is 0 Å². The zero-order chi connectivity index (χ0) is 11.8. The fourth-order valence-corrected chi connectivity index (χ4v) is 2.15. The molecule has 17 heavy (non-hydrogen) atoms. The minimum atomic E-state index is 0.769. The van der Waals surface area contributed by atoms with E-state index in [0.29, 0.717) is 0 Å². The minimum absolute atomic E-state index is 0.769. The highest BCUT2D eigenvalue weighted by atomic mass is 79.9. The van der Waals surface area contributed by atoms with Gasteiger partial charge in [0.2, 0.25) is 0 Å². The molecule has 0 bridgehead atoms. The molecule has 0 saturated carbocycles. The van der Waals surface area contributed by atoms with Crippen LogP contribution in [-0.4, -0.2) is 9.38 Å². The second kappa shape index (κ2) is 3.89. The smallest absolute Gasteiger partial charge is 0.138 e. The largest absolute Gasteiger partial charge is 0.399 e. The van der Waals surface area contributed by atoms with E-state index in [4.69, 9.17) is 5.73 Å². The first-order valence-corrected chi connectivity index (χ1v) is 6.02. The average Bonchev–Trinajstić information content (AvgIpc) is 2.73. The second-order valence-corrected chi connectivity index (χ2v) is 4.75. The Bertz CT molecular complexity index is 671. The van der Waals surface area contributed by atoms with Gasteiger partial charge in [-0.15, -0.1) is 0 Å². The predicted octanol–water partition coefficient (Wildman–Crippen LogP) is 3.35. The van der Waals surface area contributed by atoms with Crippen LogP contribution < -0.4 is 5.73 Å². The van der Waals surface area contributed by atoms with Crippen LogP contribution in [0, 0.1) is 0 Å². The minimum Gasteiger partial charge on any atom is -0.399 e. The quantitative estimate of drug-likeness (QED) is 0.698. The Kier molecular flexibility index (Phi) is 2.37. The molecule has 0 saturated heterocycles. The maximum atomic E-state index is 5.68. The zero-order valence-corrected chi connectivity index (χ0v) is 10.6. The predicted molar refractivity (Wildman–Crippen MR) is 72.7 cm³/mol. The summed E-state index contributed by atoms with van der Waals surface area (Å²) in [4.78, 5) is 4.38. The van der Waals surface area contributed by atoms with Crippen molar-refractivity contribution in [2.45, 2.75) is 0 Å². The van der Waals surface area contributed by atoms with Gasteiger partial charge >= 0.3 is 0 Å². The van der Waals surface area contributed by atoms with E-state index in [9.17, 15) is 0 Å². The number of benzene rings is 1. The van der Waals surface area contributed by atoms with Crippen molar-refractivity contribution in [3.05, 3.63) is 53.3 Å². The SMILES string of the molecule is Nc1ccc(-c2cnc3cc(Br)ccn23)cc1. The number of nitrogens with zero attached hydrogens (tertiary/aromatic N) is 2. The highest BCUT2D eigenvalue weighted by Crippen LogP contribution is 2.23. The van der Waals surface area contributed by atoms with E-state index >= 15 is 0 Å². The molecule has 84 valence electrons. The van der Waals surface area contributed by atoms with Gasteiger partial charge in [-0.05, 0) is 24.3 Å². The molecule has 2 heterocycles. The molecule has 0 aliphatic carbocycles. The van der Waals surface area contributed by atoms with Crippen molar-refractivity contribution in [2.24, 2.45) is 0 Å². The van der Waals surface area contributed by atoms with Crippen molar-refractivity contribution < 1.29 is 0 Å². The third-order valence-electron chi connectivity index (χ3n) is 2.68. The van der Waals surface area contributed by atoms with Gasteiger partial charge in [-0.1, -0.05) is 28.1 Å². The Morgan fingerprint density at radius 2 is 1.88 bits per heavy atom. The van der Waals surface area contributed by atoms with Gasteiger partial charge in [0, 0.05) is 21.9 Å². The molecule has 0 aliphatic heterocycles. The van der Waals surface area contributed by atoms with Gasteiger partial charge in [0.25, 0.3) is 0 Å². The summed E-state index contributed by atoms with van der Waals surface area (Å²) in [6, 6.07) is 11.8. The van der Waals surface area contributed by atoms with Crippen molar-refractivity contribution in [3.63, 3.8) is 0 Å². The van der Waals surface area contributed by atoms with Crippen molar-refractivity contribution in [3.8, 4) is 11.3 Å². The first kappa shape index (κ1) is 10.4. The molecule has 1 aromatic carbocycles. The number of hydrogen-bond donors (Lipinski definition) is 1. The van der Waals surface area contributed by atoms with E-state index in [0.717, 1.165) is 27.1 Å². The molecule has 2 N–H and O–H groups in total. The fourth-order valence-electron chi connectivity index (χ4n) is 1.82. The Hall–Kier alpha value is -1.81. The van der Waals surface area contributed by atoms with E-state index in [1.54, 1.807) is 0 Å². The van der Waals surface area contributed by atoms with Crippen LogP contribution in [0.15, 0.2) is 53.3 Å². The number of hydrogen-bond acceptors (Lipinski definition) is 2. The maximum Gasteiger partial charge on any atom is 0.138 e. The number of halogens is 1. The van der Waals surface area contributed by atoms with Gasteiger partial charge in [0.05, 0.1) is 11.9 Å². The summed E-state index contributed by atoms with van der Waals surface area (Å²) in [7, 11) is 0. The van der Waals surface area contributed by atoms with Gasteiger partial charge < -0.3 is 5.73 Å². The average molecular weight is 288 g/mol. The number of nitrogen functional groups attached to an aromatic ring is 1. The Morgan fingerprint density at radius 1 is 1.12 bits per heavy atom. The Morgan fingerprint density at radius 3 is 2.65 bits per heavy atom. The number of fused-ring (bicyclic) bond motifs is 1. The summed E-state index contributed by atoms with van der Waals surface area (Å²) in [6.45, 7) is 0. The van der Waals surface area contributed by atoms with E-state index in [-0.39, 0.29) is 0 Å². The standard InChI is InChI=1S/C13H10BrN3/c14-10-5-6-17-12(8-16-13(17)7-10)9-1-3-11(15)4-2-9/h1-8H,15H2. The van der Waals surface area contributed by atoms with Gasteiger partial charge in [0.15, 0.2) is 0 Å². The van der Waals surface area contributed by atoms with Gasteiger partial charge in [-0.25, -0.2) is 4.98 Å². The molecule has 4 heteroatoms. The topological polar surface area (TPSA) is 43.3 Å². The highest BCUT2D eigenvalue weighted by molar-refractivity contribution is 9.10. The molecule has 0 spiro atoms. The molecule has 3 nitrogen and oxygen atoms in total. The summed E-state index contributed by atoms with van der Waals surface area (Å²) in [5.74, 6) is 0. The first-order chi connectivity index (χ1) is 8.24. The van der Waals surface area contributed by atoms with Crippen LogP contribution in [0.5, 0.6) is 0 Å². The number of rotatable bonds is 1. The molecule has 0 radical (unpaired) electrons. The molecular weight excluding hydrogens is 278 g/mol. The number of aromatic nitrogens is 2. The molecule has 3 rings (SSSR count). The van der Waals surface area contributed by atoms with Crippen molar-refractivity contribution >= 4 is 27.3 Å². The number of anilines is 1. The van der Waals surface area contributed by atoms with E-state index in [2.05, 4.69) is 25.3 Å². The Labute approximate surface area is 107 Å². The number of nitrogens with two attached hydrogens (primary N) is 1. The monoisotopic (exact) mass is 287 g/mol. The second-order valence-electron chi connectivity index (χ2n) is 3.84. The summed E-state index contributed by atoms with van der Waals surface area (Å²) in [6.07, 6.45) is 3.87. The fraction of sp³-hybridized carbons (Fsp3) is 0. The van der Waals surface area contributed by atoms with Crippen LogP contribution in [0.4, 0.5) is 5.69 Å². The van der Waals surface area contributed by atoms with Gasteiger partial charge in [-0.2, -0.15) is 0 Å². The summed E-state index contributed by atoms with van der Waals surface area (Å²) < 4.78 is 3.08. The van der Waals surface area contributed by atoms with Crippen molar-refractivity contribution in [2.75, 3.05) is 5.73 Å². The van der Waals surface area contributed by atoms with Gasteiger partial charge in [0.1, 0.15) is 5.65 Å². The molecule has 0 fully saturated rings. The molecule has 0 unspecified atom stereocenters. The van der Waals surface area contributed by atoms with E-state index < -0.39 is 0 Å². The van der Waals surface area contributed by atoms with E-state index in [1.807, 2.05) is 48.8 Å². The molecule has 0 amide bonds. The third-order valence-corrected chi connectivity index (χ3v) is 3.17. The summed E-state index contributed by atoms with van der Waals surface area (Å²) in [5.41, 5.74) is 9.54. The van der Waals surface area contributed by atoms with Crippen LogP contribution >= 0.6 is 15.9 Å². The lowest BCUT2D eigenvalue weighted by molar-refractivity contribution is 1.18. The lowest BCUT2D eigenvalue weighted by atomic mass is 10.1. The Balaban J connectivity index is 2.21. The molecular formula is C13H10BrN3. The molecule has 2 aromatic heterocycles. The third kappa shape index (κ3) is 1.80. The zero-order valence-electron chi connectivity index (χ0n) is 8.97. The first-order valence-electron chi connectivity index (χ1n) is 5.22. The molecule has 3 aromatic rings. The highest BCUT2D eigenvalue weighted by Gasteiger charge is 2.05. The van der Waals surface area contributed by atoms with Crippen LogP contribution in [0.2, 0.25) is 0 Å². The molecule has 0 aliphatic rings. The van der Waals surface area contributed by atoms with Crippen molar-refractivity contribution in [1.29, 1.82) is 0 Å². The molecule has 0 atom stereocenters. The van der Waals surface area contributed by atoms with Crippen LogP contribution in [0.1, 0.15) is 0 Å². The number of imidazole rings is 1. The lowest BCUT2D eigenvalue weighted by Gasteiger charge is -2.02. The van der Waals surface area contributed by atoms with Crippen LogP contribution in [-0.2, 0) is 0 Å². The van der Waals surface area contributed by atoms with E-state index in [1.165, 1.54) is 0 Å². The maximum absolute atomic E-state index is 5.68. The van der Waals surface area contributed by atoms with Crippen molar-refractivity contribution in [1.82, 2.24) is 9.38 Å². The lowest BCUT2D eigenvalue weighted by Crippen LogP contribution is -1.88. The van der Waals surface area contributed by atoms with Gasteiger partial charge in [-0.3, -0.25) is 4.40 Å². The number of pyridine rings is 1.